The second-order valence-electron chi connectivity index (χ2n) is 4.87. The smallest absolute Gasteiger partial charge is 0.119 e. The summed E-state index contributed by atoms with van der Waals surface area (Å²) in [6.07, 6.45) is 0.163. The maximum atomic E-state index is 5.77. The Hall–Kier alpha value is -1.59. The van der Waals surface area contributed by atoms with E-state index in [9.17, 15) is 0 Å². The van der Waals surface area contributed by atoms with Crippen molar-refractivity contribution in [3.8, 4) is 5.75 Å². The van der Waals surface area contributed by atoms with E-state index in [1.165, 1.54) is 0 Å². The molecule has 0 fully saturated rings. The molecule has 0 amide bonds. The van der Waals surface area contributed by atoms with Gasteiger partial charge in [0, 0.05) is 21.4 Å². The second-order valence-corrected chi connectivity index (χ2v) is 6.23. The zero-order valence-corrected chi connectivity index (χ0v) is 14.3. The molecular weight excluding hydrogens is 348 g/mol. The topological polar surface area (TPSA) is 47.3 Å². The third-order valence-electron chi connectivity index (χ3n) is 2.75. The van der Waals surface area contributed by atoms with Crippen LogP contribution in [-0.4, -0.2) is 11.1 Å². The third-order valence-corrected chi connectivity index (χ3v) is 3.47. The van der Waals surface area contributed by atoms with Crippen LogP contribution >= 0.6 is 28.1 Å². The summed E-state index contributed by atoms with van der Waals surface area (Å²) < 4.78 is 6.56. The number of benzene rings is 2. The van der Waals surface area contributed by atoms with E-state index < -0.39 is 0 Å². The molecule has 0 aliphatic heterocycles. The van der Waals surface area contributed by atoms with Gasteiger partial charge in [0.25, 0.3) is 0 Å². The highest BCUT2D eigenvalue weighted by molar-refractivity contribution is 9.10. The number of hydrogen-bond donors (Lipinski definition) is 2. The predicted octanol–water partition coefficient (Wildman–Crippen LogP) is 4.61. The van der Waals surface area contributed by atoms with Gasteiger partial charge in [0.15, 0.2) is 0 Å². The van der Waals surface area contributed by atoms with Crippen molar-refractivity contribution in [1.82, 2.24) is 0 Å². The number of hydrogen-bond acceptors (Lipinski definition) is 3. The monoisotopic (exact) mass is 364 g/mol. The summed E-state index contributed by atoms with van der Waals surface area (Å²) in [6, 6.07) is 13.6. The number of ether oxygens (including phenoxy) is 1. The summed E-state index contributed by atoms with van der Waals surface area (Å²) in [5.41, 5.74) is 8.40. The highest BCUT2D eigenvalue weighted by atomic mass is 79.9. The van der Waals surface area contributed by atoms with Crippen LogP contribution in [0.25, 0.3) is 0 Å². The Labute approximate surface area is 138 Å². The Morgan fingerprint density at radius 2 is 1.86 bits per heavy atom. The summed E-state index contributed by atoms with van der Waals surface area (Å²) in [6.45, 7) is 4.00. The SMILES string of the molecule is CC(C)Oc1ccc(Nc2ccc(Br)cc2C(N)=S)cc1. The lowest BCUT2D eigenvalue weighted by atomic mass is 10.1. The van der Waals surface area contributed by atoms with Gasteiger partial charge in [-0.25, -0.2) is 0 Å². The third kappa shape index (κ3) is 4.44. The van der Waals surface area contributed by atoms with Crippen molar-refractivity contribution in [2.45, 2.75) is 20.0 Å². The predicted molar refractivity (Wildman–Crippen MR) is 95.5 cm³/mol. The van der Waals surface area contributed by atoms with Gasteiger partial charge in [-0.05, 0) is 56.3 Å². The molecule has 0 radical (unpaired) electrons. The summed E-state index contributed by atoms with van der Waals surface area (Å²) in [7, 11) is 0. The molecule has 0 saturated heterocycles. The molecule has 0 aliphatic carbocycles. The average Bonchev–Trinajstić information content (AvgIpc) is 2.42. The molecule has 0 aromatic heterocycles. The van der Waals surface area contributed by atoms with Gasteiger partial charge < -0.3 is 15.8 Å². The van der Waals surface area contributed by atoms with E-state index in [-0.39, 0.29) is 6.10 Å². The van der Waals surface area contributed by atoms with Crippen LogP contribution in [0.5, 0.6) is 5.75 Å². The first-order valence-corrected chi connectivity index (χ1v) is 7.79. The molecule has 0 heterocycles. The fraction of sp³-hybridized carbons (Fsp3) is 0.188. The van der Waals surface area contributed by atoms with Crippen molar-refractivity contribution in [3.05, 3.63) is 52.5 Å². The standard InChI is InChI=1S/C16H17BrN2OS/c1-10(2)20-13-6-4-12(5-7-13)19-15-8-3-11(17)9-14(15)16(18)21/h3-10,19H,1-2H3,(H2,18,21). The van der Waals surface area contributed by atoms with Gasteiger partial charge in [-0.3, -0.25) is 0 Å². The van der Waals surface area contributed by atoms with Crippen LogP contribution < -0.4 is 15.8 Å². The van der Waals surface area contributed by atoms with Crippen molar-refractivity contribution < 1.29 is 4.74 Å². The van der Waals surface area contributed by atoms with Crippen LogP contribution in [0, 0.1) is 0 Å². The second kappa shape index (κ2) is 6.91. The van der Waals surface area contributed by atoms with E-state index in [0.29, 0.717) is 4.99 Å². The van der Waals surface area contributed by atoms with E-state index in [1.807, 2.05) is 56.3 Å². The van der Waals surface area contributed by atoms with Gasteiger partial charge in [0.1, 0.15) is 10.7 Å². The van der Waals surface area contributed by atoms with Gasteiger partial charge in [-0.15, -0.1) is 0 Å². The molecule has 0 aliphatic rings. The Morgan fingerprint density at radius 1 is 1.19 bits per heavy atom. The minimum atomic E-state index is 0.163. The van der Waals surface area contributed by atoms with Crippen molar-refractivity contribution in [2.75, 3.05) is 5.32 Å². The van der Waals surface area contributed by atoms with Crippen LogP contribution in [-0.2, 0) is 0 Å². The molecule has 5 heteroatoms. The Morgan fingerprint density at radius 3 is 2.43 bits per heavy atom. The summed E-state index contributed by atoms with van der Waals surface area (Å²) in [5.74, 6) is 0.848. The minimum Gasteiger partial charge on any atom is -0.491 e. The van der Waals surface area contributed by atoms with Gasteiger partial charge in [-0.2, -0.15) is 0 Å². The fourth-order valence-electron chi connectivity index (χ4n) is 1.87. The van der Waals surface area contributed by atoms with Gasteiger partial charge in [0.2, 0.25) is 0 Å². The maximum absolute atomic E-state index is 5.77. The molecule has 0 bridgehead atoms. The molecule has 0 atom stereocenters. The molecule has 110 valence electrons. The zero-order valence-electron chi connectivity index (χ0n) is 11.9. The number of nitrogens with one attached hydrogen (secondary N) is 1. The van der Waals surface area contributed by atoms with Crippen molar-refractivity contribution in [1.29, 1.82) is 0 Å². The number of rotatable bonds is 5. The lowest BCUT2D eigenvalue weighted by Gasteiger charge is -2.13. The number of halogens is 1. The molecule has 2 aromatic carbocycles. The zero-order chi connectivity index (χ0) is 15.4. The van der Waals surface area contributed by atoms with E-state index in [4.69, 9.17) is 22.7 Å². The first kappa shape index (κ1) is 15.8. The number of anilines is 2. The largest absolute Gasteiger partial charge is 0.491 e. The molecule has 0 saturated carbocycles. The van der Waals surface area contributed by atoms with Crippen LogP contribution in [0.15, 0.2) is 46.9 Å². The summed E-state index contributed by atoms with van der Waals surface area (Å²) in [4.78, 5) is 0.360. The quantitative estimate of drug-likeness (QED) is 0.760. The fourth-order valence-corrected chi connectivity index (χ4v) is 2.40. The molecule has 3 nitrogen and oxygen atoms in total. The van der Waals surface area contributed by atoms with Crippen molar-refractivity contribution >= 4 is 44.5 Å². The van der Waals surface area contributed by atoms with E-state index in [1.54, 1.807) is 0 Å². The average molecular weight is 365 g/mol. The highest BCUT2D eigenvalue weighted by Gasteiger charge is 2.07. The molecule has 0 unspecified atom stereocenters. The van der Waals surface area contributed by atoms with Crippen LogP contribution in [0.3, 0.4) is 0 Å². The first-order chi connectivity index (χ1) is 9.95. The Bertz CT molecular complexity index is 641. The number of thiocarbonyl (C=S) groups is 1. The highest BCUT2D eigenvalue weighted by Crippen LogP contribution is 2.26. The number of nitrogens with two attached hydrogens (primary N) is 1. The van der Waals surface area contributed by atoms with Gasteiger partial charge in [0.05, 0.1) is 6.10 Å². The lowest BCUT2D eigenvalue weighted by molar-refractivity contribution is 0.242. The maximum Gasteiger partial charge on any atom is 0.119 e. The normalized spacial score (nSPS) is 10.5. The van der Waals surface area contributed by atoms with Crippen LogP contribution in [0.2, 0.25) is 0 Å². The van der Waals surface area contributed by atoms with Gasteiger partial charge >= 0.3 is 0 Å². The Kier molecular flexibility index (Phi) is 5.20. The van der Waals surface area contributed by atoms with Crippen LogP contribution in [0.1, 0.15) is 19.4 Å². The molecule has 2 aromatic rings. The van der Waals surface area contributed by atoms with Crippen molar-refractivity contribution in [3.63, 3.8) is 0 Å². The van der Waals surface area contributed by atoms with E-state index in [2.05, 4.69) is 21.2 Å². The first-order valence-electron chi connectivity index (χ1n) is 6.59. The van der Waals surface area contributed by atoms with E-state index in [0.717, 1.165) is 27.2 Å². The molecule has 2 rings (SSSR count). The van der Waals surface area contributed by atoms with Gasteiger partial charge in [-0.1, -0.05) is 28.1 Å². The summed E-state index contributed by atoms with van der Waals surface area (Å²) >= 11 is 8.51. The lowest BCUT2D eigenvalue weighted by Crippen LogP contribution is -2.12. The summed E-state index contributed by atoms with van der Waals surface area (Å²) in [5, 5.41) is 3.32. The molecular formula is C16H17BrN2OS. The molecule has 21 heavy (non-hydrogen) atoms. The Balaban J connectivity index is 2.20. The van der Waals surface area contributed by atoms with E-state index >= 15 is 0 Å². The van der Waals surface area contributed by atoms with Crippen LogP contribution in [0.4, 0.5) is 11.4 Å². The molecule has 0 spiro atoms. The molecule has 3 N–H and O–H groups in total. The minimum absolute atomic E-state index is 0.163. The van der Waals surface area contributed by atoms with Crippen molar-refractivity contribution in [2.24, 2.45) is 5.73 Å².